The molecule has 0 aromatic carbocycles. The first-order valence-corrected chi connectivity index (χ1v) is 4.21. The summed E-state index contributed by atoms with van der Waals surface area (Å²) >= 11 is 0. The van der Waals surface area contributed by atoms with Crippen LogP contribution in [0.2, 0.25) is 0 Å². The van der Waals surface area contributed by atoms with Crippen molar-refractivity contribution in [2.45, 2.75) is 26.8 Å². The largest absolute Gasteiger partial charge is 0.459 e. The summed E-state index contributed by atoms with van der Waals surface area (Å²) in [5.74, 6) is 0.115. The van der Waals surface area contributed by atoms with Crippen LogP contribution in [0.4, 0.5) is 0 Å². The van der Waals surface area contributed by atoms with Gasteiger partial charge in [-0.1, -0.05) is 0 Å². The minimum atomic E-state index is -0.240. The minimum absolute atomic E-state index is 0.208. The van der Waals surface area contributed by atoms with E-state index in [1.54, 1.807) is 6.07 Å². The van der Waals surface area contributed by atoms with E-state index in [1.807, 2.05) is 20.8 Å². The molecule has 1 heterocycles. The molecule has 0 atom stereocenters. The summed E-state index contributed by atoms with van der Waals surface area (Å²) in [5.41, 5.74) is 6.18. The molecule has 0 saturated heterocycles. The number of furan rings is 1. The Kier molecular flexibility index (Phi) is 3.08. The SMILES string of the molecule is Cc1ccoc1C(=O)NNC(C)C. The fraction of sp³-hybridized carbons (Fsp3) is 0.444. The molecule has 4 nitrogen and oxygen atoms in total. The lowest BCUT2D eigenvalue weighted by Gasteiger charge is -2.08. The smallest absolute Gasteiger partial charge is 0.301 e. The molecule has 72 valence electrons. The van der Waals surface area contributed by atoms with Crippen LogP contribution in [0.3, 0.4) is 0 Å². The van der Waals surface area contributed by atoms with E-state index in [2.05, 4.69) is 10.9 Å². The third-order valence-corrected chi connectivity index (χ3v) is 1.54. The Morgan fingerprint density at radius 1 is 1.54 bits per heavy atom. The zero-order valence-electron chi connectivity index (χ0n) is 8.05. The molecule has 13 heavy (non-hydrogen) atoms. The molecule has 1 amide bonds. The molecule has 1 rings (SSSR count). The summed E-state index contributed by atoms with van der Waals surface area (Å²) in [6.45, 7) is 5.71. The van der Waals surface area contributed by atoms with Crippen LogP contribution in [0.1, 0.15) is 30.0 Å². The monoisotopic (exact) mass is 182 g/mol. The maximum atomic E-state index is 11.4. The van der Waals surface area contributed by atoms with Gasteiger partial charge in [-0.05, 0) is 26.8 Å². The number of carbonyl (C=O) groups is 1. The molecule has 1 aromatic rings. The Morgan fingerprint density at radius 2 is 2.23 bits per heavy atom. The van der Waals surface area contributed by atoms with Crippen molar-refractivity contribution < 1.29 is 9.21 Å². The van der Waals surface area contributed by atoms with Gasteiger partial charge in [0.25, 0.3) is 0 Å². The molecule has 0 aliphatic rings. The van der Waals surface area contributed by atoms with Crippen LogP contribution in [0.25, 0.3) is 0 Å². The average molecular weight is 182 g/mol. The Bertz CT molecular complexity index is 292. The van der Waals surface area contributed by atoms with Gasteiger partial charge in [0.05, 0.1) is 6.26 Å². The molecule has 0 fully saturated rings. The van der Waals surface area contributed by atoms with Crippen LogP contribution in [-0.2, 0) is 0 Å². The van der Waals surface area contributed by atoms with Crippen molar-refractivity contribution in [2.24, 2.45) is 0 Å². The van der Waals surface area contributed by atoms with Gasteiger partial charge in [0.15, 0.2) is 5.76 Å². The number of nitrogens with one attached hydrogen (secondary N) is 2. The van der Waals surface area contributed by atoms with E-state index in [-0.39, 0.29) is 11.9 Å². The molecule has 0 radical (unpaired) electrons. The Balaban J connectivity index is 2.54. The van der Waals surface area contributed by atoms with Crippen molar-refractivity contribution in [3.63, 3.8) is 0 Å². The van der Waals surface area contributed by atoms with Gasteiger partial charge in [0.1, 0.15) is 0 Å². The highest BCUT2D eigenvalue weighted by atomic mass is 16.3. The summed E-state index contributed by atoms with van der Waals surface area (Å²) < 4.78 is 5.01. The first kappa shape index (κ1) is 9.80. The Morgan fingerprint density at radius 3 is 2.69 bits per heavy atom. The lowest BCUT2D eigenvalue weighted by Crippen LogP contribution is -2.41. The third-order valence-electron chi connectivity index (χ3n) is 1.54. The van der Waals surface area contributed by atoms with Crippen molar-refractivity contribution >= 4 is 5.91 Å². The number of aryl methyl sites for hydroxylation is 1. The van der Waals surface area contributed by atoms with Gasteiger partial charge in [0, 0.05) is 11.6 Å². The van der Waals surface area contributed by atoms with Crippen molar-refractivity contribution in [3.8, 4) is 0 Å². The molecule has 1 aromatic heterocycles. The fourth-order valence-electron chi connectivity index (χ4n) is 0.872. The quantitative estimate of drug-likeness (QED) is 0.691. The predicted molar refractivity (Wildman–Crippen MR) is 49.2 cm³/mol. The van der Waals surface area contributed by atoms with E-state index in [0.717, 1.165) is 5.56 Å². The molecule has 0 spiro atoms. The van der Waals surface area contributed by atoms with E-state index in [1.165, 1.54) is 6.26 Å². The summed E-state index contributed by atoms with van der Waals surface area (Å²) in [5, 5.41) is 0. The van der Waals surface area contributed by atoms with E-state index in [0.29, 0.717) is 5.76 Å². The van der Waals surface area contributed by atoms with Gasteiger partial charge in [-0.25, -0.2) is 5.43 Å². The summed E-state index contributed by atoms with van der Waals surface area (Å²) in [6, 6.07) is 1.96. The highest BCUT2D eigenvalue weighted by Gasteiger charge is 2.11. The predicted octanol–water partition coefficient (Wildman–Crippen LogP) is 1.23. The van der Waals surface area contributed by atoms with E-state index < -0.39 is 0 Å². The van der Waals surface area contributed by atoms with Crippen molar-refractivity contribution in [1.29, 1.82) is 0 Å². The first-order valence-electron chi connectivity index (χ1n) is 4.21. The van der Waals surface area contributed by atoms with E-state index in [9.17, 15) is 4.79 Å². The topological polar surface area (TPSA) is 54.3 Å². The Labute approximate surface area is 77.3 Å². The van der Waals surface area contributed by atoms with Crippen molar-refractivity contribution in [2.75, 3.05) is 0 Å². The molecular formula is C9H14N2O2. The molecule has 0 saturated carbocycles. The highest BCUT2D eigenvalue weighted by Crippen LogP contribution is 2.07. The van der Waals surface area contributed by atoms with Crippen LogP contribution in [-0.4, -0.2) is 11.9 Å². The van der Waals surface area contributed by atoms with Gasteiger partial charge in [-0.2, -0.15) is 0 Å². The molecule has 0 bridgehead atoms. The molecule has 4 heteroatoms. The van der Waals surface area contributed by atoms with Crippen LogP contribution in [0.15, 0.2) is 16.7 Å². The molecule has 0 aliphatic carbocycles. The first-order chi connectivity index (χ1) is 6.11. The normalized spacial score (nSPS) is 10.5. The van der Waals surface area contributed by atoms with Gasteiger partial charge >= 0.3 is 5.91 Å². The van der Waals surface area contributed by atoms with E-state index >= 15 is 0 Å². The molecule has 0 aliphatic heterocycles. The summed E-state index contributed by atoms with van der Waals surface area (Å²) in [4.78, 5) is 11.4. The summed E-state index contributed by atoms with van der Waals surface area (Å²) in [6.07, 6.45) is 1.50. The highest BCUT2D eigenvalue weighted by molar-refractivity contribution is 5.92. The number of carbonyl (C=O) groups excluding carboxylic acids is 1. The standard InChI is InChI=1S/C9H14N2O2/c1-6(2)10-11-9(12)8-7(3)4-5-13-8/h4-6,10H,1-3H3,(H,11,12). The average Bonchev–Trinajstić information content (AvgIpc) is 2.47. The van der Waals surface area contributed by atoms with Gasteiger partial charge in [-0.15, -0.1) is 0 Å². The van der Waals surface area contributed by atoms with Crippen LogP contribution in [0.5, 0.6) is 0 Å². The lowest BCUT2D eigenvalue weighted by molar-refractivity contribution is 0.0898. The fourth-order valence-corrected chi connectivity index (χ4v) is 0.872. The van der Waals surface area contributed by atoms with Gasteiger partial charge < -0.3 is 4.42 Å². The zero-order valence-corrected chi connectivity index (χ0v) is 8.05. The number of hydrogen-bond donors (Lipinski definition) is 2. The molecule has 2 N–H and O–H groups in total. The number of amides is 1. The summed E-state index contributed by atoms with van der Waals surface area (Å²) in [7, 11) is 0. The number of rotatable bonds is 3. The second-order valence-corrected chi connectivity index (χ2v) is 3.19. The molecule has 0 unspecified atom stereocenters. The van der Waals surface area contributed by atoms with Crippen LogP contribution < -0.4 is 10.9 Å². The Hall–Kier alpha value is -1.29. The van der Waals surface area contributed by atoms with Gasteiger partial charge in [-0.3, -0.25) is 10.2 Å². The van der Waals surface area contributed by atoms with Crippen molar-refractivity contribution in [3.05, 3.63) is 23.7 Å². The van der Waals surface area contributed by atoms with Crippen molar-refractivity contribution in [1.82, 2.24) is 10.9 Å². The third kappa shape index (κ3) is 2.59. The van der Waals surface area contributed by atoms with Crippen LogP contribution in [0, 0.1) is 6.92 Å². The second-order valence-electron chi connectivity index (χ2n) is 3.19. The lowest BCUT2D eigenvalue weighted by atomic mass is 10.3. The van der Waals surface area contributed by atoms with E-state index in [4.69, 9.17) is 4.42 Å². The molecular weight excluding hydrogens is 168 g/mol. The number of hydrazine groups is 1. The maximum Gasteiger partial charge on any atom is 0.301 e. The zero-order chi connectivity index (χ0) is 9.84. The maximum absolute atomic E-state index is 11.4. The number of hydrogen-bond acceptors (Lipinski definition) is 3. The minimum Gasteiger partial charge on any atom is -0.459 e. The van der Waals surface area contributed by atoms with Gasteiger partial charge in [0.2, 0.25) is 0 Å². The second kappa shape index (κ2) is 4.09. The van der Waals surface area contributed by atoms with Crippen LogP contribution >= 0.6 is 0 Å².